The van der Waals surface area contributed by atoms with Gasteiger partial charge in [-0.1, -0.05) is 0 Å². The number of nitrogens with one attached hydrogen (secondary N) is 3. The lowest BCUT2D eigenvalue weighted by atomic mass is 10.2. The molecule has 3 N–H and O–H groups in total. The van der Waals surface area contributed by atoms with E-state index in [2.05, 4.69) is 16.0 Å². The first-order valence-electron chi connectivity index (χ1n) is 4.98. The van der Waals surface area contributed by atoms with Crippen molar-refractivity contribution in [1.29, 1.82) is 0 Å². The third-order valence-corrected chi connectivity index (χ3v) is 3.08. The van der Waals surface area contributed by atoms with E-state index < -0.39 is 11.1 Å². The maximum atomic E-state index is 11.2. The zero-order chi connectivity index (χ0) is 13.0. The molecule has 1 aromatic carbocycles. The molecule has 0 aliphatic heterocycles. The molecular formula is C10H16N3O3S-. The highest BCUT2D eigenvalue weighted by Crippen LogP contribution is 2.42. The number of methoxy groups -OCH3 is 1. The van der Waals surface area contributed by atoms with Gasteiger partial charge in [0.05, 0.1) is 23.4 Å². The molecule has 0 heterocycles. The first-order chi connectivity index (χ1) is 8.10. The molecule has 96 valence electrons. The van der Waals surface area contributed by atoms with Crippen LogP contribution in [0.15, 0.2) is 11.0 Å². The molecule has 1 aromatic rings. The topological polar surface area (TPSA) is 85.5 Å². The average Bonchev–Trinajstić information content (AvgIpc) is 2.35. The summed E-state index contributed by atoms with van der Waals surface area (Å²) >= 11 is -2.32. The molecule has 1 atom stereocenters. The largest absolute Gasteiger partial charge is 0.768 e. The van der Waals surface area contributed by atoms with Crippen LogP contribution in [0, 0.1) is 0 Å². The van der Waals surface area contributed by atoms with Crippen LogP contribution in [0.4, 0.5) is 17.1 Å². The van der Waals surface area contributed by atoms with Gasteiger partial charge in [0.1, 0.15) is 5.69 Å². The first kappa shape index (κ1) is 13.6. The van der Waals surface area contributed by atoms with Gasteiger partial charge in [-0.3, -0.25) is 4.21 Å². The maximum absolute atomic E-state index is 11.2. The number of benzene rings is 1. The van der Waals surface area contributed by atoms with E-state index >= 15 is 0 Å². The summed E-state index contributed by atoms with van der Waals surface area (Å²) in [5, 5.41) is 8.70. The lowest BCUT2D eigenvalue weighted by Crippen LogP contribution is -2.07. The first-order valence-corrected chi connectivity index (χ1v) is 6.05. The van der Waals surface area contributed by atoms with Gasteiger partial charge in [0.2, 0.25) is 0 Å². The van der Waals surface area contributed by atoms with E-state index in [9.17, 15) is 8.76 Å². The van der Waals surface area contributed by atoms with Crippen molar-refractivity contribution < 1.29 is 13.5 Å². The van der Waals surface area contributed by atoms with Gasteiger partial charge in [0.15, 0.2) is 5.75 Å². The quantitative estimate of drug-likeness (QED) is 0.685. The van der Waals surface area contributed by atoms with Gasteiger partial charge in [-0.05, 0) is 17.1 Å². The summed E-state index contributed by atoms with van der Waals surface area (Å²) < 4.78 is 27.6. The van der Waals surface area contributed by atoms with E-state index in [1.165, 1.54) is 13.2 Å². The summed E-state index contributed by atoms with van der Waals surface area (Å²) in [5.41, 5.74) is 1.69. The SMILES string of the molecule is CNc1cc(S(=O)[O-])c(NC)c(NC)c1OC. The molecular weight excluding hydrogens is 242 g/mol. The van der Waals surface area contributed by atoms with Gasteiger partial charge in [0, 0.05) is 21.1 Å². The Morgan fingerprint density at radius 2 is 1.76 bits per heavy atom. The van der Waals surface area contributed by atoms with Gasteiger partial charge in [-0.2, -0.15) is 0 Å². The summed E-state index contributed by atoms with van der Waals surface area (Å²) in [4.78, 5) is 0.182. The summed E-state index contributed by atoms with van der Waals surface area (Å²) in [7, 11) is 6.60. The predicted molar refractivity (Wildman–Crippen MR) is 68.8 cm³/mol. The highest BCUT2D eigenvalue weighted by atomic mass is 32.2. The fraction of sp³-hybridized carbons (Fsp3) is 0.400. The van der Waals surface area contributed by atoms with Crippen molar-refractivity contribution in [2.75, 3.05) is 44.2 Å². The maximum Gasteiger partial charge on any atom is 0.167 e. The van der Waals surface area contributed by atoms with E-state index in [1.54, 1.807) is 21.1 Å². The van der Waals surface area contributed by atoms with Crippen LogP contribution in [0.2, 0.25) is 0 Å². The second kappa shape index (κ2) is 5.74. The van der Waals surface area contributed by atoms with Crippen molar-refractivity contribution in [3.8, 4) is 5.75 Å². The van der Waals surface area contributed by atoms with Crippen LogP contribution in [0.1, 0.15) is 0 Å². The Morgan fingerprint density at radius 1 is 1.18 bits per heavy atom. The Balaban J connectivity index is 3.60. The molecule has 0 radical (unpaired) electrons. The lowest BCUT2D eigenvalue weighted by molar-refractivity contribution is 0.418. The summed E-state index contributed by atoms with van der Waals surface area (Å²) in [6, 6.07) is 1.52. The summed E-state index contributed by atoms with van der Waals surface area (Å²) in [6.45, 7) is 0. The average molecular weight is 258 g/mol. The summed E-state index contributed by atoms with van der Waals surface area (Å²) in [6.07, 6.45) is 0. The number of anilines is 3. The smallest absolute Gasteiger partial charge is 0.167 e. The van der Waals surface area contributed by atoms with Crippen LogP contribution in [0.3, 0.4) is 0 Å². The Kier molecular flexibility index (Phi) is 4.59. The number of hydrogen-bond acceptors (Lipinski definition) is 6. The monoisotopic (exact) mass is 258 g/mol. The molecule has 0 fully saturated rings. The third kappa shape index (κ3) is 2.45. The third-order valence-electron chi connectivity index (χ3n) is 2.40. The Hall–Kier alpha value is -1.47. The van der Waals surface area contributed by atoms with Crippen molar-refractivity contribution >= 4 is 28.1 Å². The highest BCUT2D eigenvalue weighted by molar-refractivity contribution is 7.79. The predicted octanol–water partition coefficient (Wildman–Crippen LogP) is 1.06. The van der Waals surface area contributed by atoms with Gasteiger partial charge in [-0.25, -0.2) is 0 Å². The lowest BCUT2D eigenvalue weighted by Gasteiger charge is -2.21. The van der Waals surface area contributed by atoms with Gasteiger partial charge in [-0.15, -0.1) is 0 Å². The van der Waals surface area contributed by atoms with Crippen LogP contribution in [-0.2, 0) is 11.1 Å². The molecule has 0 amide bonds. The molecule has 0 aliphatic rings. The summed E-state index contributed by atoms with van der Waals surface area (Å²) in [5.74, 6) is 0.563. The van der Waals surface area contributed by atoms with E-state index in [0.29, 0.717) is 22.8 Å². The van der Waals surface area contributed by atoms with Crippen molar-refractivity contribution in [2.45, 2.75) is 4.90 Å². The molecule has 6 nitrogen and oxygen atoms in total. The number of rotatable bonds is 5. The zero-order valence-corrected chi connectivity index (χ0v) is 11.0. The minimum atomic E-state index is -2.32. The standard InChI is InChI=1S/C10H17N3O3S/c1-11-6-5-7(17(14)15)8(12-2)9(13-3)10(6)16-4/h5,11-13H,1-4H3,(H,14,15)/p-1. The molecule has 0 saturated carbocycles. The van der Waals surface area contributed by atoms with Crippen LogP contribution in [0.5, 0.6) is 5.75 Å². The molecule has 0 bridgehead atoms. The zero-order valence-electron chi connectivity index (χ0n) is 10.2. The van der Waals surface area contributed by atoms with Crippen molar-refractivity contribution in [3.63, 3.8) is 0 Å². The van der Waals surface area contributed by atoms with E-state index in [4.69, 9.17) is 4.74 Å². The Labute approximate surface area is 103 Å². The van der Waals surface area contributed by atoms with Gasteiger partial charge >= 0.3 is 0 Å². The van der Waals surface area contributed by atoms with Gasteiger partial charge < -0.3 is 25.2 Å². The second-order valence-electron chi connectivity index (χ2n) is 3.19. The Bertz CT molecular complexity index is 437. The fourth-order valence-corrected chi connectivity index (χ4v) is 2.24. The second-order valence-corrected chi connectivity index (χ2v) is 4.10. The molecule has 7 heteroatoms. The number of ether oxygens (including phenoxy) is 1. The molecule has 0 saturated heterocycles. The van der Waals surface area contributed by atoms with E-state index in [0.717, 1.165) is 0 Å². The van der Waals surface area contributed by atoms with E-state index in [-0.39, 0.29) is 4.90 Å². The van der Waals surface area contributed by atoms with Crippen LogP contribution in [0.25, 0.3) is 0 Å². The molecule has 1 rings (SSSR count). The van der Waals surface area contributed by atoms with E-state index in [1.807, 2.05) is 0 Å². The minimum Gasteiger partial charge on any atom is -0.768 e. The molecule has 17 heavy (non-hydrogen) atoms. The molecule has 0 spiro atoms. The van der Waals surface area contributed by atoms with Crippen molar-refractivity contribution in [2.24, 2.45) is 0 Å². The van der Waals surface area contributed by atoms with Crippen molar-refractivity contribution in [3.05, 3.63) is 6.07 Å². The molecule has 0 aliphatic carbocycles. The highest BCUT2D eigenvalue weighted by Gasteiger charge is 2.17. The Morgan fingerprint density at radius 3 is 2.12 bits per heavy atom. The fourth-order valence-electron chi connectivity index (χ4n) is 1.66. The normalized spacial score (nSPS) is 11.8. The number of hydrogen-bond donors (Lipinski definition) is 3. The molecule has 0 aromatic heterocycles. The van der Waals surface area contributed by atoms with Crippen LogP contribution < -0.4 is 20.7 Å². The van der Waals surface area contributed by atoms with Crippen LogP contribution in [-0.4, -0.2) is 37.0 Å². The molecule has 1 unspecified atom stereocenters. The van der Waals surface area contributed by atoms with Crippen molar-refractivity contribution in [1.82, 2.24) is 0 Å². The van der Waals surface area contributed by atoms with Crippen LogP contribution >= 0.6 is 0 Å². The van der Waals surface area contributed by atoms with Gasteiger partial charge in [0.25, 0.3) is 0 Å². The minimum absolute atomic E-state index is 0.182.